The Kier molecular flexibility index (Phi) is 1.68. The molecule has 2 nitrogen and oxygen atoms in total. The topological polar surface area (TPSA) is 33.1 Å². The Balaban J connectivity index is 2.94. The fourth-order valence-electron chi connectivity index (χ4n) is 0.667. The molecule has 0 aliphatic heterocycles. The van der Waals surface area contributed by atoms with Gasteiger partial charge in [0.05, 0.1) is 6.20 Å². The van der Waals surface area contributed by atoms with E-state index >= 15 is 0 Å². The van der Waals surface area contributed by atoms with Gasteiger partial charge in [-0.25, -0.2) is 0 Å². The van der Waals surface area contributed by atoms with Crippen LogP contribution in [0.2, 0.25) is 0 Å². The van der Waals surface area contributed by atoms with Gasteiger partial charge < -0.3 is 5.11 Å². The number of hydrogen-bond acceptors (Lipinski definition) is 2. The van der Waals surface area contributed by atoms with Crippen molar-refractivity contribution in [3.8, 4) is 5.75 Å². The first kappa shape index (κ1) is 6.08. The monoisotopic (exact) mass is 123 g/mol. The molecule has 0 aliphatic rings. The number of aromatic hydroxyl groups is 1. The van der Waals surface area contributed by atoms with Crippen LogP contribution in [0.1, 0.15) is 12.5 Å². The Hall–Kier alpha value is -1.05. The zero-order chi connectivity index (χ0) is 6.69. The molecule has 0 amide bonds. The lowest BCUT2D eigenvalue weighted by atomic mass is 10.2. The fraction of sp³-hybridized carbons (Fsp3) is 0.286. The molecule has 0 fully saturated rings. The maximum Gasteiger partial charge on any atom is 0.134 e. The molecule has 0 aromatic carbocycles. The van der Waals surface area contributed by atoms with Gasteiger partial charge in [0.15, 0.2) is 0 Å². The first-order valence-corrected chi connectivity index (χ1v) is 2.96. The highest BCUT2D eigenvalue weighted by molar-refractivity contribution is 5.21. The highest BCUT2D eigenvalue weighted by atomic mass is 16.3. The smallest absolute Gasteiger partial charge is 0.134 e. The molecule has 1 aromatic rings. The summed E-state index contributed by atoms with van der Waals surface area (Å²) in [6.07, 6.45) is 4.10. The molecule has 0 radical (unpaired) electrons. The van der Waals surface area contributed by atoms with Crippen molar-refractivity contribution in [2.45, 2.75) is 13.3 Å². The number of pyridine rings is 1. The number of aromatic nitrogens is 1. The summed E-state index contributed by atoms with van der Waals surface area (Å²) in [7, 11) is 0. The van der Waals surface area contributed by atoms with Crippen LogP contribution in [0.4, 0.5) is 0 Å². The quantitative estimate of drug-likeness (QED) is 0.611. The largest absolute Gasteiger partial charge is 0.506 e. The van der Waals surface area contributed by atoms with Crippen LogP contribution in [0.3, 0.4) is 0 Å². The van der Waals surface area contributed by atoms with Crippen LogP contribution in [-0.2, 0) is 6.42 Å². The molecule has 0 atom stereocenters. The lowest BCUT2D eigenvalue weighted by Crippen LogP contribution is -1.79. The fourth-order valence-corrected chi connectivity index (χ4v) is 0.667. The summed E-state index contributed by atoms with van der Waals surface area (Å²) in [6.45, 7) is 2.02. The molecule has 0 saturated heterocycles. The molecule has 0 unspecified atom stereocenters. The Bertz CT molecular complexity index is 198. The van der Waals surface area contributed by atoms with E-state index in [4.69, 9.17) is 5.11 Å². The minimum Gasteiger partial charge on any atom is -0.506 e. The summed E-state index contributed by atoms with van der Waals surface area (Å²) >= 11 is 0. The molecule has 0 aliphatic carbocycles. The molecule has 1 aromatic heterocycles. The van der Waals surface area contributed by atoms with Crippen molar-refractivity contribution < 1.29 is 5.11 Å². The molecule has 9 heavy (non-hydrogen) atoms. The zero-order valence-electron chi connectivity index (χ0n) is 5.33. The van der Waals surface area contributed by atoms with Crippen molar-refractivity contribution in [3.05, 3.63) is 24.0 Å². The third kappa shape index (κ3) is 1.42. The summed E-state index contributed by atoms with van der Waals surface area (Å²) in [6, 6.07) is 1.72. The molecule has 1 heterocycles. The second kappa shape index (κ2) is 2.49. The van der Waals surface area contributed by atoms with Crippen molar-refractivity contribution in [2.75, 3.05) is 0 Å². The predicted molar refractivity (Wildman–Crippen MR) is 35.3 cm³/mol. The Morgan fingerprint density at radius 2 is 2.33 bits per heavy atom. The van der Waals surface area contributed by atoms with Gasteiger partial charge in [0.25, 0.3) is 0 Å². The van der Waals surface area contributed by atoms with Crippen LogP contribution in [0, 0.1) is 0 Å². The first-order valence-electron chi connectivity index (χ1n) is 2.96. The van der Waals surface area contributed by atoms with E-state index in [-0.39, 0.29) is 5.75 Å². The number of aryl methyl sites for hydroxylation is 1. The van der Waals surface area contributed by atoms with Crippen molar-refractivity contribution in [2.24, 2.45) is 0 Å². The summed E-state index contributed by atoms with van der Waals surface area (Å²) in [5.41, 5.74) is 1.06. The van der Waals surface area contributed by atoms with Crippen LogP contribution >= 0.6 is 0 Å². The van der Waals surface area contributed by atoms with E-state index in [1.807, 2.05) is 6.92 Å². The normalized spacial score (nSPS) is 9.44. The second-order valence-electron chi connectivity index (χ2n) is 1.90. The van der Waals surface area contributed by atoms with Crippen LogP contribution in [-0.4, -0.2) is 10.1 Å². The molecular formula is C7H9NO. The summed E-state index contributed by atoms with van der Waals surface area (Å²) in [4.78, 5) is 3.81. The molecule has 1 rings (SSSR count). The van der Waals surface area contributed by atoms with E-state index in [2.05, 4.69) is 4.98 Å². The van der Waals surface area contributed by atoms with Gasteiger partial charge in [0.1, 0.15) is 5.75 Å². The molecule has 0 bridgehead atoms. The number of nitrogens with zero attached hydrogens (tertiary/aromatic N) is 1. The zero-order valence-corrected chi connectivity index (χ0v) is 5.33. The van der Waals surface area contributed by atoms with E-state index in [9.17, 15) is 0 Å². The standard InChI is InChI=1S/C7H9NO/c1-2-6-3-7(9)5-8-4-6/h3-5,9H,2H2,1H3. The van der Waals surface area contributed by atoms with E-state index in [1.165, 1.54) is 6.20 Å². The van der Waals surface area contributed by atoms with Gasteiger partial charge in [-0.05, 0) is 18.1 Å². The van der Waals surface area contributed by atoms with Gasteiger partial charge in [0, 0.05) is 6.20 Å². The summed E-state index contributed by atoms with van der Waals surface area (Å²) in [5, 5.41) is 8.88. The van der Waals surface area contributed by atoms with Gasteiger partial charge >= 0.3 is 0 Å². The van der Waals surface area contributed by atoms with Crippen molar-refractivity contribution >= 4 is 0 Å². The minimum absolute atomic E-state index is 0.245. The molecule has 48 valence electrons. The van der Waals surface area contributed by atoms with Crippen LogP contribution < -0.4 is 0 Å². The van der Waals surface area contributed by atoms with Gasteiger partial charge in [-0.2, -0.15) is 0 Å². The molecule has 1 N–H and O–H groups in total. The lowest BCUT2D eigenvalue weighted by Gasteiger charge is -1.93. The maximum atomic E-state index is 8.88. The van der Waals surface area contributed by atoms with E-state index < -0.39 is 0 Å². The number of hydrogen-bond donors (Lipinski definition) is 1. The van der Waals surface area contributed by atoms with E-state index in [0.717, 1.165) is 12.0 Å². The average molecular weight is 123 g/mol. The molecule has 0 spiro atoms. The van der Waals surface area contributed by atoms with Crippen LogP contribution in [0.15, 0.2) is 18.5 Å². The summed E-state index contributed by atoms with van der Waals surface area (Å²) < 4.78 is 0. The van der Waals surface area contributed by atoms with Crippen molar-refractivity contribution in [1.82, 2.24) is 4.98 Å². The SMILES string of the molecule is CCc1cncc(O)c1. The van der Waals surface area contributed by atoms with Crippen molar-refractivity contribution in [1.29, 1.82) is 0 Å². The highest BCUT2D eigenvalue weighted by Crippen LogP contribution is 2.07. The van der Waals surface area contributed by atoms with E-state index in [0.29, 0.717) is 0 Å². The summed E-state index contributed by atoms with van der Waals surface area (Å²) in [5.74, 6) is 0.245. The molecule has 0 saturated carbocycles. The van der Waals surface area contributed by atoms with E-state index in [1.54, 1.807) is 12.3 Å². The first-order chi connectivity index (χ1) is 4.33. The minimum atomic E-state index is 0.245. The van der Waals surface area contributed by atoms with Crippen LogP contribution in [0.25, 0.3) is 0 Å². The highest BCUT2D eigenvalue weighted by Gasteiger charge is 1.89. The van der Waals surface area contributed by atoms with Crippen molar-refractivity contribution in [3.63, 3.8) is 0 Å². The third-order valence-corrected chi connectivity index (χ3v) is 1.19. The Morgan fingerprint density at radius 1 is 1.56 bits per heavy atom. The van der Waals surface area contributed by atoms with Crippen LogP contribution in [0.5, 0.6) is 5.75 Å². The molecular weight excluding hydrogens is 114 g/mol. The maximum absolute atomic E-state index is 8.88. The lowest BCUT2D eigenvalue weighted by molar-refractivity contribution is 0.472. The Morgan fingerprint density at radius 3 is 2.78 bits per heavy atom. The Labute approximate surface area is 54.2 Å². The molecule has 2 heteroatoms. The van der Waals surface area contributed by atoms with Gasteiger partial charge in [-0.15, -0.1) is 0 Å². The third-order valence-electron chi connectivity index (χ3n) is 1.19. The predicted octanol–water partition coefficient (Wildman–Crippen LogP) is 1.35. The second-order valence-corrected chi connectivity index (χ2v) is 1.90. The van der Waals surface area contributed by atoms with Gasteiger partial charge in [-0.3, -0.25) is 4.98 Å². The average Bonchev–Trinajstić information content (AvgIpc) is 1.88. The van der Waals surface area contributed by atoms with Gasteiger partial charge in [0.2, 0.25) is 0 Å². The number of rotatable bonds is 1. The van der Waals surface area contributed by atoms with Gasteiger partial charge in [-0.1, -0.05) is 6.92 Å².